The van der Waals surface area contributed by atoms with E-state index in [1.54, 1.807) is 11.8 Å². The van der Waals surface area contributed by atoms with E-state index in [-0.39, 0.29) is 19.0 Å². The number of hydrogen-bond donors (Lipinski definition) is 3. The van der Waals surface area contributed by atoms with Gasteiger partial charge in [-0.25, -0.2) is 4.79 Å². The molecule has 1 atom stereocenters. The third kappa shape index (κ3) is 4.75. The lowest BCUT2D eigenvalue weighted by Crippen LogP contribution is -2.49. The van der Waals surface area contributed by atoms with Gasteiger partial charge in [-0.15, -0.1) is 0 Å². The van der Waals surface area contributed by atoms with E-state index in [1.807, 2.05) is 0 Å². The van der Waals surface area contributed by atoms with Crippen LogP contribution in [0, 0.1) is 0 Å². The smallest absolute Gasteiger partial charge is 0.336 e. The minimum absolute atomic E-state index is 0.0771. The topological polar surface area (TPSA) is 89.9 Å². The van der Waals surface area contributed by atoms with Gasteiger partial charge in [0.25, 0.3) is 0 Å². The normalized spacial score (nSPS) is 14.7. The van der Waals surface area contributed by atoms with Crippen LogP contribution >= 0.6 is 0 Å². The van der Waals surface area contributed by atoms with Gasteiger partial charge in [0.1, 0.15) is 0 Å². The lowest BCUT2D eigenvalue weighted by Gasteiger charge is -2.26. The fourth-order valence-electron chi connectivity index (χ4n) is 1.06. The molecule has 0 saturated heterocycles. The van der Waals surface area contributed by atoms with Gasteiger partial charge in [-0.05, 0) is 13.5 Å². The summed E-state index contributed by atoms with van der Waals surface area (Å²) in [5.74, 6) is -1.50. The molecule has 0 aromatic rings. The SMILES string of the molecule is CCN(CC(=O)NC)CC(C)(O)C(=O)O. The first-order valence-corrected chi connectivity index (χ1v) is 4.72. The second-order valence-electron chi connectivity index (χ2n) is 3.56. The molecule has 0 aromatic carbocycles. The molecule has 0 saturated carbocycles. The Balaban J connectivity index is 4.33. The molecule has 88 valence electrons. The van der Waals surface area contributed by atoms with Crippen molar-refractivity contribution in [3.05, 3.63) is 0 Å². The van der Waals surface area contributed by atoms with Crippen LogP contribution < -0.4 is 5.32 Å². The predicted molar refractivity (Wildman–Crippen MR) is 54.4 cm³/mol. The Morgan fingerprint density at radius 1 is 1.47 bits per heavy atom. The Kier molecular flexibility index (Phi) is 5.24. The van der Waals surface area contributed by atoms with Crippen molar-refractivity contribution in [1.82, 2.24) is 10.2 Å². The summed E-state index contributed by atoms with van der Waals surface area (Å²) < 4.78 is 0. The number of carboxylic acids is 1. The van der Waals surface area contributed by atoms with Crippen LogP contribution in [0.1, 0.15) is 13.8 Å². The molecule has 0 fully saturated rings. The summed E-state index contributed by atoms with van der Waals surface area (Å²) in [6.45, 7) is 3.50. The van der Waals surface area contributed by atoms with Gasteiger partial charge >= 0.3 is 5.97 Å². The molecule has 1 unspecified atom stereocenters. The van der Waals surface area contributed by atoms with Crippen molar-refractivity contribution in [3.8, 4) is 0 Å². The lowest BCUT2D eigenvalue weighted by atomic mass is 10.1. The van der Waals surface area contributed by atoms with Crippen LogP contribution in [0.3, 0.4) is 0 Å². The van der Waals surface area contributed by atoms with Gasteiger partial charge in [0, 0.05) is 13.6 Å². The van der Waals surface area contributed by atoms with E-state index in [0.29, 0.717) is 6.54 Å². The van der Waals surface area contributed by atoms with Crippen molar-refractivity contribution < 1.29 is 19.8 Å². The zero-order valence-electron chi connectivity index (χ0n) is 9.28. The minimum atomic E-state index is -1.83. The number of amides is 1. The van der Waals surface area contributed by atoms with Crippen LogP contribution in [0.25, 0.3) is 0 Å². The molecule has 3 N–H and O–H groups in total. The number of carboxylic acid groups (broad SMARTS) is 1. The summed E-state index contributed by atoms with van der Waals surface area (Å²) in [4.78, 5) is 23.3. The monoisotopic (exact) mass is 218 g/mol. The Hall–Kier alpha value is -1.14. The largest absolute Gasteiger partial charge is 0.479 e. The van der Waals surface area contributed by atoms with E-state index in [0.717, 1.165) is 0 Å². The van der Waals surface area contributed by atoms with Gasteiger partial charge in [-0.1, -0.05) is 6.92 Å². The minimum Gasteiger partial charge on any atom is -0.479 e. The number of likely N-dealkylation sites (N-methyl/N-ethyl adjacent to an activating group) is 2. The molecule has 0 aromatic heterocycles. The van der Waals surface area contributed by atoms with Gasteiger partial charge in [-0.3, -0.25) is 9.69 Å². The van der Waals surface area contributed by atoms with E-state index in [4.69, 9.17) is 5.11 Å². The van der Waals surface area contributed by atoms with Crippen molar-refractivity contribution in [1.29, 1.82) is 0 Å². The summed E-state index contributed by atoms with van der Waals surface area (Å²) in [5.41, 5.74) is -1.83. The molecular formula is C9H18N2O4. The Bertz CT molecular complexity index is 240. The van der Waals surface area contributed by atoms with Gasteiger partial charge in [0.05, 0.1) is 6.54 Å². The van der Waals surface area contributed by atoms with E-state index < -0.39 is 11.6 Å². The Morgan fingerprint density at radius 3 is 2.33 bits per heavy atom. The number of nitrogens with zero attached hydrogens (tertiary/aromatic N) is 1. The summed E-state index contributed by atoms with van der Waals surface area (Å²) in [5, 5.41) is 20.6. The van der Waals surface area contributed by atoms with E-state index in [1.165, 1.54) is 14.0 Å². The van der Waals surface area contributed by atoms with Crippen molar-refractivity contribution in [2.24, 2.45) is 0 Å². The standard InChI is InChI=1S/C9H18N2O4/c1-4-11(5-7(12)10-3)6-9(2,15)8(13)14/h15H,4-6H2,1-3H3,(H,10,12)(H,13,14). The van der Waals surface area contributed by atoms with Gasteiger partial charge in [0.2, 0.25) is 5.91 Å². The molecule has 6 heteroatoms. The third-order valence-electron chi connectivity index (χ3n) is 2.09. The molecule has 0 aliphatic heterocycles. The van der Waals surface area contributed by atoms with E-state index in [9.17, 15) is 14.7 Å². The zero-order valence-corrected chi connectivity index (χ0v) is 9.28. The molecule has 0 aliphatic rings. The fourth-order valence-corrected chi connectivity index (χ4v) is 1.06. The highest BCUT2D eigenvalue weighted by Gasteiger charge is 2.32. The maximum Gasteiger partial charge on any atom is 0.336 e. The van der Waals surface area contributed by atoms with E-state index in [2.05, 4.69) is 5.32 Å². The van der Waals surface area contributed by atoms with Crippen LogP contribution in [0.5, 0.6) is 0 Å². The summed E-state index contributed by atoms with van der Waals surface area (Å²) in [6, 6.07) is 0. The molecule has 0 aliphatic carbocycles. The summed E-state index contributed by atoms with van der Waals surface area (Å²) >= 11 is 0. The van der Waals surface area contributed by atoms with Gasteiger partial charge < -0.3 is 15.5 Å². The van der Waals surface area contributed by atoms with Crippen LogP contribution in [0.2, 0.25) is 0 Å². The second kappa shape index (κ2) is 5.67. The highest BCUT2D eigenvalue weighted by molar-refractivity contribution is 5.78. The molecule has 0 rings (SSSR count). The quantitative estimate of drug-likeness (QED) is 0.526. The molecule has 0 heterocycles. The Morgan fingerprint density at radius 2 is 2.00 bits per heavy atom. The highest BCUT2D eigenvalue weighted by atomic mass is 16.4. The molecule has 0 bridgehead atoms. The fraction of sp³-hybridized carbons (Fsp3) is 0.778. The average Bonchev–Trinajstić information content (AvgIpc) is 2.15. The van der Waals surface area contributed by atoms with Crippen LogP contribution in [-0.4, -0.2) is 59.3 Å². The number of aliphatic hydroxyl groups is 1. The van der Waals surface area contributed by atoms with Gasteiger partial charge in [-0.2, -0.15) is 0 Å². The molecule has 0 radical (unpaired) electrons. The van der Waals surface area contributed by atoms with Crippen molar-refractivity contribution in [2.75, 3.05) is 26.7 Å². The number of carbonyl (C=O) groups excluding carboxylic acids is 1. The zero-order chi connectivity index (χ0) is 12.1. The first-order chi connectivity index (χ1) is 6.83. The third-order valence-corrected chi connectivity index (χ3v) is 2.09. The number of rotatable bonds is 6. The van der Waals surface area contributed by atoms with Crippen molar-refractivity contribution >= 4 is 11.9 Å². The van der Waals surface area contributed by atoms with Crippen LogP contribution in [0.15, 0.2) is 0 Å². The first-order valence-electron chi connectivity index (χ1n) is 4.72. The van der Waals surface area contributed by atoms with E-state index >= 15 is 0 Å². The molecule has 15 heavy (non-hydrogen) atoms. The summed E-state index contributed by atoms with van der Waals surface area (Å²) in [6.07, 6.45) is 0. The summed E-state index contributed by atoms with van der Waals surface area (Å²) in [7, 11) is 1.51. The van der Waals surface area contributed by atoms with Crippen molar-refractivity contribution in [2.45, 2.75) is 19.4 Å². The number of nitrogens with one attached hydrogen (secondary N) is 1. The lowest BCUT2D eigenvalue weighted by molar-refractivity contribution is -0.158. The predicted octanol–water partition coefficient (Wildman–Crippen LogP) is -1.11. The number of carbonyl (C=O) groups is 2. The first kappa shape index (κ1) is 13.9. The molecule has 1 amide bonds. The second-order valence-corrected chi connectivity index (χ2v) is 3.56. The molecule has 6 nitrogen and oxygen atoms in total. The average molecular weight is 218 g/mol. The molecule has 0 spiro atoms. The molecular weight excluding hydrogens is 200 g/mol. The van der Waals surface area contributed by atoms with Crippen LogP contribution in [0.4, 0.5) is 0 Å². The van der Waals surface area contributed by atoms with Crippen LogP contribution in [-0.2, 0) is 9.59 Å². The maximum atomic E-state index is 11.1. The number of hydrogen-bond acceptors (Lipinski definition) is 4. The van der Waals surface area contributed by atoms with Crippen molar-refractivity contribution in [3.63, 3.8) is 0 Å². The maximum absolute atomic E-state index is 11.1. The Labute approximate surface area is 88.9 Å². The number of aliphatic carboxylic acids is 1. The van der Waals surface area contributed by atoms with Gasteiger partial charge in [0.15, 0.2) is 5.60 Å². The highest BCUT2D eigenvalue weighted by Crippen LogP contribution is 2.06.